The second kappa shape index (κ2) is 5.64. The first kappa shape index (κ1) is 13.9. The zero-order valence-corrected chi connectivity index (χ0v) is 11.6. The van der Waals surface area contributed by atoms with Gasteiger partial charge in [-0.2, -0.15) is 5.26 Å². The van der Waals surface area contributed by atoms with Gasteiger partial charge >= 0.3 is 7.12 Å². The summed E-state index contributed by atoms with van der Waals surface area (Å²) >= 11 is 0. The van der Waals surface area contributed by atoms with E-state index >= 15 is 0 Å². The van der Waals surface area contributed by atoms with Gasteiger partial charge in [0.25, 0.3) is 0 Å². The second-order valence-electron chi connectivity index (χ2n) is 5.53. The molecule has 0 N–H and O–H groups in total. The van der Waals surface area contributed by atoms with Crippen molar-refractivity contribution in [2.45, 2.75) is 20.3 Å². The quantitative estimate of drug-likeness (QED) is 0.772. The van der Waals surface area contributed by atoms with Crippen molar-refractivity contribution in [1.82, 2.24) is 0 Å². The maximum absolute atomic E-state index is 8.77. The molecular formula is C14H18BNO3. The lowest BCUT2D eigenvalue weighted by Gasteiger charge is -2.33. The molecule has 1 aliphatic rings. The first-order valence-corrected chi connectivity index (χ1v) is 6.33. The Kier molecular flexibility index (Phi) is 4.13. The number of ether oxygens (including phenoxy) is 1. The largest absolute Gasteiger partial charge is 0.497 e. The normalized spacial score (nSPS) is 17.9. The number of rotatable bonds is 3. The van der Waals surface area contributed by atoms with Crippen molar-refractivity contribution in [2.75, 3.05) is 20.3 Å². The van der Waals surface area contributed by atoms with Gasteiger partial charge in [0.15, 0.2) is 0 Å². The molecule has 0 spiro atoms. The van der Waals surface area contributed by atoms with Crippen molar-refractivity contribution in [3.05, 3.63) is 23.8 Å². The summed E-state index contributed by atoms with van der Waals surface area (Å²) in [6, 6.07) is 7.81. The molecule has 1 aromatic carbocycles. The van der Waals surface area contributed by atoms with Gasteiger partial charge in [0.2, 0.25) is 0 Å². The molecular weight excluding hydrogens is 241 g/mol. The summed E-state index contributed by atoms with van der Waals surface area (Å²) < 4.78 is 16.9. The Balaban J connectivity index is 2.23. The van der Waals surface area contributed by atoms with Crippen LogP contribution >= 0.6 is 0 Å². The third-order valence-corrected chi connectivity index (χ3v) is 3.08. The molecule has 4 nitrogen and oxygen atoms in total. The maximum Gasteiger partial charge on any atom is 0.497 e. The molecule has 1 aromatic rings. The zero-order chi connectivity index (χ0) is 13.9. The van der Waals surface area contributed by atoms with E-state index in [0.29, 0.717) is 19.6 Å². The highest BCUT2D eigenvalue weighted by molar-refractivity contribution is 6.62. The minimum Gasteiger partial charge on any atom is -0.497 e. The van der Waals surface area contributed by atoms with Crippen LogP contribution in [0.1, 0.15) is 19.4 Å². The van der Waals surface area contributed by atoms with Gasteiger partial charge in [0.05, 0.1) is 19.6 Å². The molecule has 0 aromatic heterocycles. The Hall–Kier alpha value is -1.51. The first-order valence-electron chi connectivity index (χ1n) is 6.33. The van der Waals surface area contributed by atoms with E-state index in [1.54, 1.807) is 7.11 Å². The van der Waals surface area contributed by atoms with Gasteiger partial charge in [-0.25, -0.2) is 0 Å². The van der Waals surface area contributed by atoms with E-state index in [9.17, 15) is 0 Å². The van der Waals surface area contributed by atoms with Gasteiger partial charge in [-0.15, -0.1) is 0 Å². The molecule has 1 saturated heterocycles. The van der Waals surface area contributed by atoms with Crippen LogP contribution < -0.4 is 10.2 Å². The molecule has 0 saturated carbocycles. The van der Waals surface area contributed by atoms with E-state index in [4.69, 9.17) is 19.3 Å². The van der Waals surface area contributed by atoms with Crippen molar-refractivity contribution < 1.29 is 14.0 Å². The van der Waals surface area contributed by atoms with Gasteiger partial charge in [0.1, 0.15) is 5.75 Å². The number of hydrogen-bond acceptors (Lipinski definition) is 4. The van der Waals surface area contributed by atoms with E-state index in [0.717, 1.165) is 16.8 Å². The fourth-order valence-corrected chi connectivity index (χ4v) is 2.04. The highest BCUT2D eigenvalue weighted by Crippen LogP contribution is 2.23. The van der Waals surface area contributed by atoms with E-state index in [2.05, 4.69) is 19.9 Å². The van der Waals surface area contributed by atoms with Crippen molar-refractivity contribution in [3.63, 3.8) is 0 Å². The summed E-state index contributed by atoms with van der Waals surface area (Å²) in [5.74, 6) is 0.728. The predicted octanol–water partition coefficient (Wildman–Crippen LogP) is 1.53. The number of benzene rings is 1. The van der Waals surface area contributed by atoms with Crippen molar-refractivity contribution in [1.29, 1.82) is 5.26 Å². The van der Waals surface area contributed by atoms with Crippen molar-refractivity contribution in [2.24, 2.45) is 5.41 Å². The third kappa shape index (κ3) is 3.28. The molecule has 19 heavy (non-hydrogen) atoms. The first-order chi connectivity index (χ1) is 9.05. The zero-order valence-electron chi connectivity index (χ0n) is 11.6. The topological polar surface area (TPSA) is 51.5 Å². The Labute approximate surface area is 114 Å². The van der Waals surface area contributed by atoms with Gasteiger partial charge < -0.3 is 14.0 Å². The maximum atomic E-state index is 8.77. The van der Waals surface area contributed by atoms with Crippen molar-refractivity contribution in [3.8, 4) is 11.8 Å². The molecule has 0 atom stereocenters. The van der Waals surface area contributed by atoms with Crippen LogP contribution in [0.15, 0.2) is 18.2 Å². The third-order valence-electron chi connectivity index (χ3n) is 3.08. The van der Waals surface area contributed by atoms with Crippen LogP contribution in [0, 0.1) is 16.7 Å². The standard InChI is InChI=1S/C14H18BNO3/c1-14(2)9-18-15(19-10-14)12-8-11(6-7-16)4-5-13(12)17-3/h4-5,8H,6,9-10H2,1-3H3. The summed E-state index contributed by atoms with van der Waals surface area (Å²) in [5, 5.41) is 8.77. The molecule has 0 unspecified atom stereocenters. The minimum absolute atomic E-state index is 0.0357. The highest BCUT2D eigenvalue weighted by Gasteiger charge is 2.35. The van der Waals surface area contributed by atoms with E-state index in [-0.39, 0.29) is 5.41 Å². The Bertz CT molecular complexity index is 486. The molecule has 1 fully saturated rings. The van der Waals surface area contributed by atoms with Gasteiger partial charge in [-0.3, -0.25) is 0 Å². The fraction of sp³-hybridized carbons (Fsp3) is 0.500. The van der Waals surface area contributed by atoms with Crippen molar-refractivity contribution >= 4 is 12.6 Å². The number of hydrogen-bond donors (Lipinski definition) is 0. The Morgan fingerprint density at radius 1 is 1.37 bits per heavy atom. The summed E-state index contributed by atoms with van der Waals surface area (Å²) in [6.07, 6.45) is 0.370. The summed E-state index contributed by atoms with van der Waals surface area (Å²) in [6.45, 7) is 5.49. The molecule has 1 aliphatic heterocycles. The van der Waals surface area contributed by atoms with Crippen LogP contribution in [0.4, 0.5) is 0 Å². The SMILES string of the molecule is COc1ccc(CC#N)cc1B1OCC(C)(C)CO1. The monoisotopic (exact) mass is 259 g/mol. The molecule has 0 bridgehead atoms. The van der Waals surface area contributed by atoms with Crippen LogP contribution in [0.2, 0.25) is 0 Å². The lowest BCUT2D eigenvalue weighted by Crippen LogP contribution is -2.47. The van der Waals surface area contributed by atoms with Crippen LogP contribution in [0.5, 0.6) is 5.75 Å². The van der Waals surface area contributed by atoms with E-state index < -0.39 is 7.12 Å². The van der Waals surface area contributed by atoms with Crippen LogP contribution in [0.3, 0.4) is 0 Å². The number of nitrogens with zero attached hydrogens (tertiary/aromatic N) is 1. The smallest absolute Gasteiger partial charge is 0.497 e. The molecule has 0 aliphatic carbocycles. The van der Waals surface area contributed by atoms with Crippen LogP contribution in [0.25, 0.3) is 0 Å². The number of nitriles is 1. The van der Waals surface area contributed by atoms with E-state index in [1.807, 2.05) is 18.2 Å². The van der Waals surface area contributed by atoms with Gasteiger partial charge in [-0.1, -0.05) is 26.0 Å². The van der Waals surface area contributed by atoms with Gasteiger partial charge in [-0.05, 0) is 11.6 Å². The van der Waals surface area contributed by atoms with Gasteiger partial charge in [0, 0.05) is 24.1 Å². The lowest BCUT2D eigenvalue weighted by atomic mass is 9.74. The number of methoxy groups -OCH3 is 1. The predicted molar refractivity (Wildman–Crippen MR) is 73.4 cm³/mol. The molecule has 0 radical (unpaired) electrons. The molecule has 1 heterocycles. The average molecular weight is 259 g/mol. The molecule has 100 valence electrons. The van der Waals surface area contributed by atoms with E-state index in [1.165, 1.54) is 0 Å². The minimum atomic E-state index is -0.415. The average Bonchev–Trinajstić information content (AvgIpc) is 2.39. The summed E-state index contributed by atoms with van der Waals surface area (Å²) in [5.41, 5.74) is 1.83. The summed E-state index contributed by atoms with van der Waals surface area (Å²) in [4.78, 5) is 0. The summed E-state index contributed by atoms with van der Waals surface area (Å²) in [7, 11) is 1.21. The lowest BCUT2D eigenvalue weighted by molar-refractivity contribution is 0.0341. The fourth-order valence-electron chi connectivity index (χ4n) is 2.04. The van der Waals surface area contributed by atoms with Crippen LogP contribution in [-0.2, 0) is 15.7 Å². The molecule has 5 heteroatoms. The Morgan fingerprint density at radius 3 is 2.63 bits per heavy atom. The Morgan fingerprint density at radius 2 is 2.05 bits per heavy atom. The van der Waals surface area contributed by atoms with Crippen LogP contribution in [-0.4, -0.2) is 27.4 Å². The molecule has 0 amide bonds. The molecule has 2 rings (SSSR count). The second-order valence-corrected chi connectivity index (χ2v) is 5.53. The highest BCUT2D eigenvalue weighted by atomic mass is 16.6.